The van der Waals surface area contributed by atoms with Gasteiger partial charge in [-0.1, -0.05) is 11.3 Å². The molecule has 3 rings (SSSR count). The molecule has 1 atom stereocenters. The van der Waals surface area contributed by atoms with Gasteiger partial charge in [-0.15, -0.1) is 11.6 Å². The van der Waals surface area contributed by atoms with Gasteiger partial charge in [0, 0.05) is 18.8 Å². The van der Waals surface area contributed by atoms with E-state index in [0.717, 1.165) is 23.3 Å². The van der Waals surface area contributed by atoms with Crippen molar-refractivity contribution in [2.24, 2.45) is 0 Å². The molecule has 112 valence electrons. The van der Waals surface area contributed by atoms with Crippen LogP contribution in [0.25, 0.3) is 10.2 Å². The van der Waals surface area contributed by atoms with E-state index in [2.05, 4.69) is 27.3 Å². The molecular formula is C15H18ClN3OS. The Kier molecular flexibility index (Phi) is 4.31. The van der Waals surface area contributed by atoms with Crippen LogP contribution < -0.4 is 10.2 Å². The molecule has 2 aromatic rings. The van der Waals surface area contributed by atoms with Crippen molar-refractivity contribution < 1.29 is 4.79 Å². The molecule has 1 aromatic carbocycles. The molecule has 0 spiro atoms. The smallest absolute Gasteiger partial charge is 0.243 e. The van der Waals surface area contributed by atoms with Crippen LogP contribution in [0.1, 0.15) is 26.2 Å². The quantitative estimate of drug-likeness (QED) is 0.873. The van der Waals surface area contributed by atoms with E-state index in [0.29, 0.717) is 5.13 Å². The summed E-state index contributed by atoms with van der Waals surface area (Å²) < 4.78 is 1.09. The predicted octanol–water partition coefficient (Wildman–Crippen LogP) is 3.85. The zero-order valence-electron chi connectivity index (χ0n) is 11.9. The lowest BCUT2D eigenvalue weighted by atomic mass is 10.1. The molecule has 1 aliphatic rings. The number of fused-ring (bicyclic) bond motifs is 1. The summed E-state index contributed by atoms with van der Waals surface area (Å²) in [6, 6.07) is 6.30. The number of aromatic nitrogens is 1. The van der Waals surface area contributed by atoms with Gasteiger partial charge < -0.3 is 10.2 Å². The fourth-order valence-corrected chi connectivity index (χ4v) is 3.48. The number of thiazole rings is 1. The lowest BCUT2D eigenvalue weighted by Gasteiger charge is -2.28. The van der Waals surface area contributed by atoms with Crippen molar-refractivity contribution >= 4 is 49.9 Å². The van der Waals surface area contributed by atoms with Gasteiger partial charge in [0.1, 0.15) is 5.38 Å². The van der Waals surface area contributed by atoms with Crippen molar-refractivity contribution in [2.45, 2.75) is 31.6 Å². The zero-order valence-corrected chi connectivity index (χ0v) is 13.5. The Balaban J connectivity index is 1.82. The summed E-state index contributed by atoms with van der Waals surface area (Å²) in [6.45, 7) is 3.90. The number of nitrogens with zero attached hydrogens (tertiary/aromatic N) is 2. The van der Waals surface area contributed by atoms with Crippen LogP contribution in [0.15, 0.2) is 18.2 Å². The molecule has 4 nitrogen and oxygen atoms in total. The van der Waals surface area contributed by atoms with Gasteiger partial charge in [-0.25, -0.2) is 4.98 Å². The fourth-order valence-electron chi connectivity index (χ4n) is 2.52. The largest absolute Gasteiger partial charge is 0.371 e. The average molecular weight is 324 g/mol. The normalized spacial score (nSPS) is 17.0. The van der Waals surface area contributed by atoms with Crippen LogP contribution in [0.4, 0.5) is 10.8 Å². The van der Waals surface area contributed by atoms with E-state index in [-0.39, 0.29) is 5.91 Å². The van der Waals surface area contributed by atoms with Crippen molar-refractivity contribution in [1.82, 2.24) is 4.98 Å². The molecule has 2 heterocycles. The van der Waals surface area contributed by atoms with Crippen molar-refractivity contribution in [3.63, 3.8) is 0 Å². The van der Waals surface area contributed by atoms with Gasteiger partial charge in [-0.2, -0.15) is 0 Å². The molecule has 1 N–H and O–H groups in total. The summed E-state index contributed by atoms with van der Waals surface area (Å²) in [5.41, 5.74) is 2.16. The minimum absolute atomic E-state index is 0.216. The first-order valence-electron chi connectivity index (χ1n) is 7.24. The lowest BCUT2D eigenvalue weighted by Crippen LogP contribution is -2.29. The van der Waals surface area contributed by atoms with E-state index < -0.39 is 5.38 Å². The van der Waals surface area contributed by atoms with Gasteiger partial charge in [0.05, 0.1) is 10.2 Å². The van der Waals surface area contributed by atoms with Gasteiger partial charge in [0.15, 0.2) is 5.13 Å². The SMILES string of the molecule is C[C@@H](Cl)C(=O)Nc1nc2ccc(N3CCCCC3)cc2s1. The van der Waals surface area contributed by atoms with Crippen molar-refractivity contribution in [1.29, 1.82) is 0 Å². The van der Waals surface area contributed by atoms with E-state index in [1.165, 1.54) is 36.3 Å². The number of alkyl halides is 1. The first kappa shape index (κ1) is 14.6. The minimum atomic E-state index is -0.555. The van der Waals surface area contributed by atoms with Gasteiger partial charge in [0.25, 0.3) is 0 Å². The van der Waals surface area contributed by atoms with E-state index in [1.54, 1.807) is 6.92 Å². The van der Waals surface area contributed by atoms with Crippen LogP contribution in [0.5, 0.6) is 0 Å². The number of nitrogens with one attached hydrogen (secondary N) is 1. The third kappa shape index (κ3) is 3.30. The molecule has 1 aromatic heterocycles. The molecule has 1 fully saturated rings. The number of benzene rings is 1. The first-order chi connectivity index (χ1) is 10.1. The van der Waals surface area contributed by atoms with E-state index >= 15 is 0 Å². The molecule has 0 bridgehead atoms. The van der Waals surface area contributed by atoms with E-state index in [1.807, 2.05) is 6.07 Å². The Morgan fingerprint density at radius 1 is 1.38 bits per heavy atom. The number of hydrogen-bond acceptors (Lipinski definition) is 4. The number of carbonyl (C=O) groups is 1. The summed E-state index contributed by atoms with van der Waals surface area (Å²) in [5, 5.41) is 2.81. The van der Waals surface area contributed by atoms with Crippen molar-refractivity contribution in [3.8, 4) is 0 Å². The predicted molar refractivity (Wildman–Crippen MR) is 89.6 cm³/mol. The summed E-state index contributed by atoms with van der Waals surface area (Å²) in [5.74, 6) is -0.216. The molecule has 1 aliphatic heterocycles. The zero-order chi connectivity index (χ0) is 14.8. The third-order valence-corrected chi connectivity index (χ3v) is 4.82. The Morgan fingerprint density at radius 2 is 2.14 bits per heavy atom. The number of amides is 1. The highest BCUT2D eigenvalue weighted by atomic mass is 35.5. The lowest BCUT2D eigenvalue weighted by molar-refractivity contribution is -0.115. The highest BCUT2D eigenvalue weighted by molar-refractivity contribution is 7.22. The van der Waals surface area contributed by atoms with Crippen LogP contribution in [0.2, 0.25) is 0 Å². The average Bonchev–Trinajstić information content (AvgIpc) is 2.89. The molecule has 0 saturated carbocycles. The highest BCUT2D eigenvalue weighted by Gasteiger charge is 2.14. The molecule has 1 amide bonds. The maximum Gasteiger partial charge on any atom is 0.243 e. The molecule has 0 radical (unpaired) electrons. The Hall–Kier alpha value is -1.33. The second-order valence-corrected chi connectivity index (χ2v) is 7.01. The van der Waals surface area contributed by atoms with Gasteiger partial charge in [-0.05, 0) is 44.4 Å². The molecular weight excluding hydrogens is 306 g/mol. The van der Waals surface area contributed by atoms with E-state index in [9.17, 15) is 4.79 Å². The first-order valence-corrected chi connectivity index (χ1v) is 8.49. The van der Waals surface area contributed by atoms with Crippen LogP contribution in [-0.2, 0) is 4.79 Å². The monoisotopic (exact) mass is 323 g/mol. The molecule has 1 saturated heterocycles. The topological polar surface area (TPSA) is 45.2 Å². The van der Waals surface area contributed by atoms with Gasteiger partial charge in [0.2, 0.25) is 5.91 Å². The summed E-state index contributed by atoms with van der Waals surface area (Å²) >= 11 is 7.25. The van der Waals surface area contributed by atoms with Crippen LogP contribution >= 0.6 is 22.9 Å². The molecule has 6 heteroatoms. The van der Waals surface area contributed by atoms with Gasteiger partial charge >= 0.3 is 0 Å². The third-order valence-electron chi connectivity index (χ3n) is 3.68. The summed E-state index contributed by atoms with van der Waals surface area (Å²) in [6.07, 6.45) is 3.84. The van der Waals surface area contributed by atoms with Crippen molar-refractivity contribution in [3.05, 3.63) is 18.2 Å². The minimum Gasteiger partial charge on any atom is -0.371 e. The Morgan fingerprint density at radius 3 is 2.86 bits per heavy atom. The highest BCUT2D eigenvalue weighted by Crippen LogP contribution is 2.30. The number of hydrogen-bond donors (Lipinski definition) is 1. The van der Waals surface area contributed by atoms with Crippen molar-refractivity contribution in [2.75, 3.05) is 23.3 Å². The molecule has 0 unspecified atom stereocenters. The number of rotatable bonds is 3. The van der Waals surface area contributed by atoms with Gasteiger partial charge in [-0.3, -0.25) is 4.79 Å². The Labute approximate surface area is 133 Å². The standard InChI is InChI=1S/C15H18ClN3OS/c1-10(16)14(20)18-15-17-12-6-5-11(9-13(12)21-15)19-7-3-2-4-8-19/h5-6,9-10H,2-4,7-8H2,1H3,(H,17,18,20)/t10-/m1/s1. The summed E-state index contributed by atoms with van der Waals surface area (Å²) in [4.78, 5) is 18.5. The summed E-state index contributed by atoms with van der Waals surface area (Å²) in [7, 11) is 0. The number of carbonyl (C=O) groups excluding carboxylic acids is 1. The number of piperidine rings is 1. The second kappa shape index (κ2) is 6.20. The molecule has 21 heavy (non-hydrogen) atoms. The maximum atomic E-state index is 11.6. The van der Waals surface area contributed by atoms with Crippen LogP contribution in [0.3, 0.4) is 0 Å². The number of halogens is 1. The number of anilines is 2. The Bertz CT molecular complexity index is 649. The van der Waals surface area contributed by atoms with E-state index in [4.69, 9.17) is 11.6 Å². The molecule has 0 aliphatic carbocycles. The second-order valence-electron chi connectivity index (χ2n) is 5.32. The maximum absolute atomic E-state index is 11.6. The fraction of sp³-hybridized carbons (Fsp3) is 0.467. The van der Waals surface area contributed by atoms with Crippen LogP contribution in [-0.4, -0.2) is 29.4 Å². The van der Waals surface area contributed by atoms with Crippen LogP contribution in [0, 0.1) is 0 Å².